The molecular weight excluding hydrogens is 294 g/mol. The molecule has 0 spiro atoms. The normalized spacial score (nSPS) is 10.8. The Bertz CT molecular complexity index is 893. The first-order valence-corrected chi connectivity index (χ1v) is 7.25. The Kier molecular flexibility index (Phi) is 4.14. The fraction of sp³-hybridized carbons (Fsp3) is 0.176. The highest BCUT2D eigenvalue weighted by atomic mass is 16.4. The van der Waals surface area contributed by atoms with Crippen LogP contribution in [-0.4, -0.2) is 27.0 Å². The Labute approximate surface area is 132 Å². The standard InChI is InChI=1S/C17H15N3O3/c21-14(5-6-15(22)23)20-10-12-7-9-19-17-13(12)4-3-11-2-1-8-18-16(11)17/h1-4,7-9H,5-6,10H2,(H,20,21)(H,22,23). The van der Waals surface area contributed by atoms with E-state index in [0.29, 0.717) is 6.54 Å². The third-order valence-electron chi connectivity index (χ3n) is 3.62. The zero-order valence-corrected chi connectivity index (χ0v) is 12.3. The van der Waals surface area contributed by atoms with E-state index in [4.69, 9.17) is 5.11 Å². The van der Waals surface area contributed by atoms with Crippen LogP contribution < -0.4 is 5.32 Å². The first kappa shape index (κ1) is 14.9. The fourth-order valence-corrected chi connectivity index (χ4v) is 2.47. The smallest absolute Gasteiger partial charge is 0.303 e. The number of nitrogens with zero attached hydrogens (tertiary/aromatic N) is 2. The molecule has 0 radical (unpaired) electrons. The Morgan fingerprint density at radius 1 is 1.00 bits per heavy atom. The number of pyridine rings is 2. The minimum absolute atomic E-state index is 0.0250. The summed E-state index contributed by atoms with van der Waals surface area (Å²) in [4.78, 5) is 30.9. The maximum atomic E-state index is 11.7. The molecule has 1 aromatic carbocycles. The number of hydrogen-bond acceptors (Lipinski definition) is 4. The van der Waals surface area contributed by atoms with Gasteiger partial charge in [0.1, 0.15) is 0 Å². The Morgan fingerprint density at radius 2 is 1.83 bits per heavy atom. The molecule has 0 atom stereocenters. The van der Waals surface area contributed by atoms with Crippen LogP contribution in [0.25, 0.3) is 21.8 Å². The molecule has 0 aliphatic carbocycles. The van der Waals surface area contributed by atoms with Crippen LogP contribution in [0.5, 0.6) is 0 Å². The first-order valence-electron chi connectivity index (χ1n) is 7.25. The summed E-state index contributed by atoms with van der Waals surface area (Å²) >= 11 is 0. The van der Waals surface area contributed by atoms with Crippen LogP contribution >= 0.6 is 0 Å². The number of nitrogens with one attached hydrogen (secondary N) is 1. The summed E-state index contributed by atoms with van der Waals surface area (Å²) in [5.41, 5.74) is 2.54. The van der Waals surface area contributed by atoms with Crippen molar-refractivity contribution in [1.82, 2.24) is 15.3 Å². The number of benzene rings is 1. The van der Waals surface area contributed by atoms with Gasteiger partial charge in [-0.25, -0.2) is 0 Å². The van der Waals surface area contributed by atoms with Gasteiger partial charge in [0.25, 0.3) is 0 Å². The van der Waals surface area contributed by atoms with Crippen molar-refractivity contribution in [2.75, 3.05) is 0 Å². The second-order valence-electron chi connectivity index (χ2n) is 5.18. The third-order valence-corrected chi connectivity index (χ3v) is 3.62. The topological polar surface area (TPSA) is 92.2 Å². The Hall–Kier alpha value is -3.02. The molecule has 23 heavy (non-hydrogen) atoms. The average Bonchev–Trinajstić information content (AvgIpc) is 2.57. The number of hydrogen-bond donors (Lipinski definition) is 2. The van der Waals surface area contributed by atoms with E-state index in [0.717, 1.165) is 27.4 Å². The number of carbonyl (C=O) groups is 2. The molecule has 0 aliphatic heterocycles. The molecule has 2 N–H and O–H groups in total. The summed E-state index contributed by atoms with van der Waals surface area (Å²) in [6, 6.07) is 9.63. The number of rotatable bonds is 5. The van der Waals surface area contributed by atoms with Gasteiger partial charge in [0, 0.05) is 36.1 Å². The third kappa shape index (κ3) is 3.26. The summed E-state index contributed by atoms with van der Waals surface area (Å²) in [5, 5.41) is 13.3. The van der Waals surface area contributed by atoms with E-state index in [1.165, 1.54) is 0 Å². The highest BCUT2D eigenvalue weighted by molar-refractivity contribution is 6.03. The fourth-order valence-electron chi connectivity index (χ4n) is 2.47. The van der Waals surface area contributed by atoms with Crippen molar-refractivity contribution >= 4 is 33.7 Å². The summed E-state index contributed by atoms with van der Waals surface area (Å²) in [7, 11) is 0. The quantitative estimate of drug-likeness (QED) is 0.705. The zero-order valence-electron chi connectivity index (χ0n) is 12.3. The van der Waals surface area contributed by atoms with Crippen molar-refractivity contribution in [2.24, 2.45) is 0 Å². The summed E-state index contributed by atoms with van der Waals surface area (Å²) in [5.74, 6) is -1.26. The van der Waals surface area contributed by atoms with E-state index in [1.54, 1.807) is 12.4 Å². The van der Waals surface area contributed by atoms with Crippen LogP contribution in [-0.2, 0) is 16.1 Å². The lowest BCUT2D eigenvalue weighted by atomic mass is 10.1. The number of aromatic nitrogens is 2. The summed E-state index contributed by atoms with van der Waals surface area (Å²) in [6.45, 7) is 0.329. The van der Waals surface area contributed by atoms with Gasteiger partial charge in [-0.05, 0) is 17.7 Å². The minimum Gasteiger partial charge on any atom is -0.481 e. The van der Waals surface area contributed by atoms with Gasteiger partial charge >= 0.3 is 5.97 Å². The number of carboxylic acids is 1. The van der Waals surface area contributed by atoms with Crippen LogP contribution in [0, 0.1) is 0 Å². The van der Waals surface area contributed by atoms with Gasteiger partial charge in [0.05, 0.1) is 17.5 Å². The van der Waals surface area contributed by atoms with Gasteiger partial charge in [-0.2, -0.15) is 0 Å². The zero-order chi connectivity index (χ0) is 16.2. The number of fused-ring (bicyclic) bond motifs is 3. The van der Waals surface area contributed by atoms with Crippen LogP contribution in [0.2, 0.25) is 0 Å². The van der Waals surface area contributed by atoms with Gasteiger partial charge in [-0.15, -0.1) is 0 Å². The molecule has 0 saturated heterocycles. The molecule has 0 aliphatic rings. The van der Waals surface area contributed by atoms with Crippen molar-refractivity contribution in [3.8, 4) is 0 Å². The van der Waals surface area contributed by atoms with Gasteiger partial charge in [0.2, 0.25) is 5.91 Å². The van der Waals surface area contributed by atoms with Gasteiger partial charge in [-0.3, -0.25) is 19.6 Å². The summed E-state index contributed by atoms with van der Waals surface area (Å²) in [6.07, 6.45) is 3.22. The van der Waals surface area contributed by atoms with Gasteiger partial charge < -0.3 is 10.4 Å². The molecule has 0 bridgehead atoms. The van der Waals surface area contributed by atoms with E-state index in [-0.39, 0.29) is 18.7 Å². The molecule has 2 heterocycles. The Balaban J connectivity index is 1.85. The largest absolute Gasteiger partial charge is 0.481 e. The van der Waals surface area contributed by atoms with Crippen molar-refractivity contribution in [2.45, 2.75) is 19.4 Å². The lowest BCUT2D eigenvalue weighted by molar-refractivity contribution is -0.138. The molecule has 3 aromatic rings. The van der Waals surface area contributed by atoms with Crippen molar-refractivity contribution in [3.63, 3.8) is 0 Å². The number of amides is 1. The molecule has 6 heteroatoms. The predicted molar refractivity (Wildman–Crippen MR) is 85.8 cm³/mol. The van der Waals surface area contributed by atoms with Crippen LogP contribution in [0.3, 0.4) is 0 Å². The average molecular weight is 309 g/mol. The van der Waals surface area contributed by atoms with E-state index >= 15 is 0 Å². The van der Waals surface area contributed by atoms with Crippen LogP contribution in [0.1, 0.15) is 18.4 Å². The van der Waals surface area contributed by atoms with Crippen molar-refractivity contribution in [3.05, 3.63) is 48.3 Å². The molecule has 1 amide bonds. The second kappa shape index (κ2) is 6.39. The van der Waals surface area contributed by atoms with Crippen molar-refractivity contribution in [1.29, 1.82) is 0 Å². The molecule has 0 fully saturated rings. The SMILES string of the molecule is O=C(O)CCC(=O)NCc1ccnc2c1ccc1cccnc12. The Morgan fingerprint density at radius 3 is 2.65 bits per heavy atom. The van der Waals surface area contributed by atoms with E-state index < -0.39 is 5.97 Å². The second-order valence-corrected chi connectivity index (χ2v) is 5.18. The minimum atomic E-state index is -0.980. The summed E-state index contributed by atoms with van der Waals surface area (Å²) < 4.78 is 0. The monoisotopic (exact) mass is 309 g/mol. The molecule has 0 saturated carbocycles. The van der Waals surface area contributed by atoms with E-state index in [9.17, 15) is 9.59 Å². The first-order chi connectivity index (χ1) is 11.1. The number of aliphatic carboxylic acids is 1. The molecule has 6 nitrogen and oxygen atoms in total. The molecular formula is C17H15N3O3. The maximum absolute atomic E-state index is 11.7. The lowest BCUT2D eigenvalue weighted by Crippen LogP contribution is -2.23. The molecule has 2 aromatic heterocycles. The molecule has 0 unspecified atom stereocenters. The number of carbonyl (C=O) groups excluding carboxylic acids is 1. The molecule has 116 valence electrons. The van der Waals surface area contributed by atoms with Crippen LogP contribution in [0.4, 0.5) is 0 Å². The highest BCUT2D eigenvalue weighted by Gasteiger charge is 2.09. The maximum Gasteiger partial charge on any atom is 0.303 e. The molecule has 3 rings (SSSR count). The van der Waals surface area contributed by atoms with E-state index in [2.05, 4.69) is 15.3 Å². The highest BCUT2D eigenvalue weighted by Crippen LogP contribution is 2.24. The van der Waals surface area contributed by atoms with Gasteiger partial charge in [0.15, 0.2) is 0 Å². The lowest BCUT2D eigenvalue weighted by Gasteiger charge is -2.09. The van der Waals surface area contributed by atoms with Crippen LogP contribution in [0.15, 0.2) is 42.7 Å². The predicted octanol–water partition coefficient (Wildman–Crippen LogP) is 2.26. The van der Waals surface area contributed by atoms with Gasteiger partial charge in [-0.1, -0.05) is 18.2 Å². The van der Waals surface area contributed by atoms with Crippen molar-refractivity contribution < 1.29 is 14.7 Å². The van der Waals surface area contributed by atoms with E-state index in [1.807, 2.05) is 30.3 Å². The number of carboxylic acid groups (broad SMARTS) is 1.